The van der Waals surface area contributed by atoms with E-state index in [0.29, 0.717) is 35.5 Å². The Labute approximate surface area is 230 Å². The molecule has 0 saturated carbocycles. The summed E-state index contributed by atoms with van der Waals surface area (Å²) in [4.78, 5) is 4.85. The van der Waals surface area contributed by atoms with Crippen molar-refractivity contribution in [1.82, 2.24) is 34.3 Å². The van der Waals surface area contributed by atoms with Crippen LogP contribution in [0.3, 0.4) is 0 Å². The Kier molecular flexibility index (Phi) is 6.66. The Morgan fingerprint density at radius 1 is 1.12 bits per heavy atom. The zero-order chi connectivity index (χ0) is 28.2. The van der Waals surface area contributed by atoms with E-state index in [0.717, 1.165) is 40.9 Å². The second kappa shape index (κ2) is 10.0. The van der Waals surface area contributed by atoms with Gasteiger partial charge in [-0.15, -0.1) is 5.10 Å². The third-order valence-corrected chi connectivity index (χ3v) is 7.81. The van der Waals surface area contributed by atoms with E-state index in [1.165, 1.54) is 4.68 Å². The van der Waals surface area contributed by atoms with Crippen LogP contribution in [0.4, 0.5) is 8.78 Å². The number of hydrogen-bond donors (Lipinski definition) is 1. The number of halogens is 2. The van der Waals surface area contributed by atoms with Crippen LogP contribution in [0.1, 0.15) is 49.7 Å². The fraction of sp³-hybridized carbons (Fsp3) is 0.448. The standard InChI is InChI=1S/C29H33F2N7O2/c1-17-24(36(4)35-33-17)20-14-21-23(32-15-20)26-27(28(29(2,3)39)34-37(26)16-22(30)31)38(21)25(18-8-6-5-7-9-18)19-10-12-40-13-11-19/h5-9,14-15,19,22,25,39H,10-13,16H2,1-4H3. The number of fused-ring (bicyclic) bond motifs is 3. The second-order valence-corrected chi connectivity index (χ2v) is 11.1. The number of aryl methyl sites for hydroxylation is 2. The van der Waals surface area contributed by atoms with Crippen molar-refractivity contribution in [2.75, 3.05) is 13.2 Å². The highest BCUT2D eigenvalue weighted by atomic mass is 19.3. The molecule has 1 aromatic carbocycles. The molecule has 1 aliphatic heterocycles. The maximum absolute atomic E-state index is 13.8. The third kappa shape index (κ3) is 4.46. The van der Waals surface area contributed by atoms with Crippen molar-refractivity contribution < 1.29 is 18.6 Å². The van der Waals surface area contributed by atoms with Gasteiger partial charge in [0.15, 0.2) is 0 Å². The van der Waals surface area contributed by atoms with Crippen LogP contribution in [0, 0.1) is 12.8 Å². The van der Waals surface area contributed by atoms with Gasteiger partial charge in [-0.25, -0.2) is 13.5 Å². The molecular formula is C29H33F2N7O2. The molecule has 40 heavy (non-hydrogen) atoms. The van der Waals surface area contributed by atoms with Crippen molar-refractivity contribution in [2.45, 2.75) is 58.2 Å². The van der Waals surface area contributed by atoms with Crippen molar-refractivity contribution >= 4 is 22.1 Å². The molecule has 0 amide bonds. The summed E-state index contributed by atoms with van der Waals surface area (Å²) in [6.45, 7) is 5.85. The van der Waals surface area contributed by atoms with Gasteiger partial charge >= 0.3 is 0 Å². The summed E-state index contributed by atoms with van der Waals surface area (Å²) in [5, 5.41) is 24.2. The Morgan fingerprint density at radius 3 is 2.48 bits per heavy atom. The highest BCUT2D eigenvalue weighted by Gasteiger charge is 2.36. The predicted octanol–water partition coefficient (Wildman–Crippen LogP) is 5.00. The van der Waals surface area contributed by atoms with Crippen LogP contribution in [-0.4, -0.2) is 59.1 Å². The summed E-state index contributed by atoms with van der Waals surface area (Å²) < 4.78 is 38.6. The van der Waals surface area contributed by atoms with Crippen LogP contribution in [0.25, 0.3) is 33.3 Å². The van der Waals surface area contributed by atoms with E-state index in [-0.39, 0.29) is 12.0 Å². The number of aliphatic hydroxyl groups is 1. The van der Waals surface area contributed by atoms with Gasteiger partial charge in [-0.3, -0.25) is 9.67 Å². The smallest absolute Gasteiger partial charge is 0.257 e. The molecule has 0 aliphatic carbocycles. The Hall–Kier alpha value is -3.70. The van der Waals surface area contributed by atoms with Gasteiger partial charge in [-0.1, -0.05) is 35.5 Å². The van der Waals surface area contributed by atoms with Crippen LogP contribution in [0.5, 0.6) is 0 Å². The van der Waals surface area contributed by atoms with E-state index in [1.54, 1.807) is 24.7 Å². The summed E-state index contributed by atoms with van der Waals surface area (Å²) in [5.74, 6) is 0.201. The fourth-order valence-corrected chi connectivity index (χ4v) is 6.12. The van der Waals surface area contributed by atoms with E-state index < -0.39 is 18.6 Å². The van der Waals surface area contributed by atoms with Gasteiger partial charge < -0.3 is 14.4 Å². The van der Waals surface area contributed by atoms with E-state index in [2.05, 4.69) is 32.1 Å². The van der Waals surface area contributed by atoms with Crippen LogP contribution in [0.2, 0.25) is 0 Å². The number of aromatic nitrogens is 7. The van der Waals surface area contributed by atoms with Gasteiger partial charge in [0.2, 0.25) is 0 Å². The summed E-state index contributed by atoms with van der Waals surface area (Å²) in [5.41, 5.74) is 4.88. The number of pyridine rings is 1. The molecule has 1 N–H and O–H groups in total. The van der Waals surface area contributed by atoms with Gasteiger partial charge in [0.1, 0.15) is 28.9 Å². The third-order valence-electron chi connectivity index (χ3n) is 7.81. The summed E-state index contributed by atoms with van der Waals surface area (Å²) >= 11 is 0. The number of nitrogens with zero attached hydrogens (tertiary/aromatic N) is 7. The monoisotopic (exact) mass is 549 g/mol. The van der Waals surface area contributed by atoms with Crippen molar-refractivity contribution in [3.8, 4) is 11.3 Å². The van der Waals surface area contributed by atoms with E-state index in [4.69, 9.17) is 9.72 Å². The number of rotatable bonds is 7. The minimum atomic E-state index is -2.63. The number of ether oxygens (including phenoxy) is 1. The molecular weight excluding hydrogens is 516 g/mol. The fourth-order valence-electron chi connectivity index (χ4n) is 6.12. The molecule has 6 rings (SSSR count). The first kappa shape index (κ1) is 26.5. The molecule has 0 bridgehead atoms. The molecule has 1 unspecified atom stereocenters. The summed E-state index contributed by atoms with van der Waals surface area (Å²) in [6.07, 6.45) is 0.773. The van der Waals surface area contributed by atoms with Crippen molar-refractivity contribution in [3.63, 3.8) is 0 Å². The highest BCUT2D eigenvalue weighted by Crippen LogP contribution is 2.43. The van der Waals surface area contributed by atoms with Crippen molar-refractivity contribution in [2.24, 2.45) is 13.0 Å². The molecule has 11 heteroatoms. The average molecular weight is 550 g/mol. The van der Waals surface area contributed by atoms with Crippen molar-refractivity contribution in [3.05, 3.63) is 59.5 Å². The predicted molar refractivity (Wildman–Crippen MR) is 147 cm³/mol. The largest absolute Gasteiger partial charge is 0.384 e. The second-order valence-electron chi connectivity index (χ2n) is 11.1. The molecule has 1 saturated heterocycles. The normalized spacial score (nSPS) is 16.0. The first-order chi connectivity index (χ1) is 19.1. The lowest BCUT2D eigenvalue weighted by Gasteiger charge is -2.33. The lowest BCUT2D eigenvalue weighted by Crippen LogP contribution is -2.28. The van der Waals surface area contributed by atoms with Crippen LogP contribution in [0.15, 0.2) is 42.6 Å². The number of hydrogen-bond acceptors (Lipinski definition) is 6. The first-order valence-corrected chi connectivity index (χ1v) is 13.6. The van der Waals surface area contributed by atoms with Gasteiger partial charge in [-0.2, -0.15) is 5.10 Å². The number of alkyl halides is 2. The first-order valence-electron chi connectivity index (χ1n) is 13.6. The maximum atomic E-state index is 13.8. The molecule has 210 valence electrons. The molecule has 0 radical (unpaired) electrons. The summed E-state index contributed by atoms with van der Waals surface area (Å²) in [7, 11) is 1.83. The van der Waals surface area contributed by atoms with E-state index in [9.17, 15) is 13.9 Å². The minimum absolute atomic E-state index is 0.168. The Morgan fingerprint density at radius 2 is 1.85 bits per heavy atom. The highest BCUT2D eigenvalue weighted by molar-refractivity contribution is 6.06. The summed E-state index contributed by atoms with van der Waals surface area (Å²) in [6, 6.07) is 12.1. The van der Waals surface area contributed by atoms with Gasteiger partial charge in [0, 0.05) is 32.0 Å². The molecule has 1 aliphatic rings. The number of benzene rings is 1. The van der Waals surface area contributed by atoms with Crippen LogP contribution in [-0.2, 0) is 23.9 Å². The lowest BCUT2D eigenvalue weighted by atomic mass is 9.86. The topological polar surface area (TPSA) is 95.8 Å². The molecule has 0 spiro atoms. The zero-order valence-electron chi connectivity index (χ0n) is 23.1. The maximum Gasteiger partial charge on any atom is 0.257 e. The molecule has 1 fully saturated rings. The van der Waals surface area contributed by atoms with Crippen molar-refractivity contribution in [1.29, 1.82) is 0 Å². The Bertz CT molecular complexity index is 1640. The minimum Gasteiger partial charge on any atom is -0.384 e. The average Bonchev–Trinajstić information content (AvgIpc) is 3.56. The van der Waals surface area contributed by atoms with Crippen LogP contribution < -0.4 is 0 Å². The molecule has 5 heterocycles. The van der Waals surface area contributed by atoms with Gasteiger partial charge in [-0.05, 0) is 51.2 Å². The zero-order valence-corrected chi connectivity index (χ0v) is 23.1. The van der Waals surface area contributed by atoms with E-state index >= 15 is 0 Å². The lowest BCUT2D eigenvalue weighted by molar-refractivity contribution is 0.0547. The van der Waals surface area contributed by atoms with Crippen LogP contribution >= 0.6 is 0 Å². The van der Waals surface area contributed by atoms with Gasteiger partial charge in [0.25, 0.3) is 6.43 Å². The molecule has 5 aromatic rings. The molecule has 1 atom stereocenters. The Balaban J connectivity index is 1.75. The quantitative estimate of drug-likeness (QED) is 0.307. The molecule has 4 aromatic heterocycles. The van der Waals surface area contributed by atoms with Gasteiger partial charge in [0.05, 0.1) is 28.5 Å². The molecule has 9 nitrogen and oxygen atoms in total. The van der Waals surface area contributed by atoms with E-state index in [1.807, 2.05) is 38.2 Å². The SMILES string of the molecule is Cc1nnn(C)c1-c1cnc2c3c(c(C(C)(C)O)nn3CC(F)F)n(C(c3ccccc3)C3CCOCC3)c2c1.